The van der Waals surface area contributed by atoms with E-state index in [2.05, 4.69) is 4.98 Å². The molecule has 4 heteroatoms. The van der Waals surface area contributed by atoms with Gasteiger partial charge in [0, 0.05) is 25.0 Å². The lowest BCUT2D eigenvalue weighted by atomic mass is 10.2. The Hall–Kier alpha value is -1.94. The van der Waals surface area contributed by atoms with Gasteiger partial charge >= 0.3 is 0 Å². The largest absolute Gasteiger partial charge is 0.326 e. The average molecular weight is 215 g/mol. The molecular formula is C12H13N3O. The van der Waals surface area contributed by atoms with Crippen molar-refractivity contribution >= 4 is 0 Å². The maximum absolute atomic E-state index is 11.5. The highest BCUT2D eigenvalue weighted by Crippen LogP contribution is 2.00. The van der Waals surface area contributed by atoms with Crippen molar-refractivity contribution in [1.29, 1.82) is 0 Å². The molecule has 2 aromatic heterocycles. The first-order valence-electron chi connectivity index (χ1n) is 5.09. The van der Waals surface area contributed by atoms with Gasteiger partial charge in [0.15, 0.2) is 0 Å². The van der Waals surface area contributed by atoms with Crippen molar-refractivity contribution in [2.45, 2.75) is 13.1 Å². The fourth-order valence-corrected chi connectivity index (χ4v) is 1.44. The molecule has 2 rings (SSSR count). The second-order valence-corrected chi connectivity index (χ2v) is 3.53. The zero-order valence-corrected chi connectivity index (χ0v) is 8.84. The molecule has 2 aromatic rings. The minimum atomic E-state index is -0.0211. The van der Waals surface area contributed by atoms with Gasteiger partial charge in [-0.2, -0.15) is 0 Å². The topological polar surface area (TPSA) is 60.9 Å². The van der Waals surface area contributed by atoms with Crippen LogP contribution in [-0.2, 0) is 13.1 Å². The number of hydrogen-bond acceptors (Lipinski definition) is 3. The van der Waals surface area contributed by atoms with Gasteiger partial charge in [-0.15, -0.1) is 0 Å². The molecule has 0 bridgehead atoms. The Kier molecular flexibility index (Phi) is 3.12. The van der Waals surface area contributed by atoms with Gasteiger partial charge in [-0.05, 0) is 17.7 Å². The van der Waals surface area contributed by atoms with Crippen LogP contribution in [0.15, 0.2) is 47.5 Å². The molecule has 0 fully saturated rings. The van der Waals surface area contributed by atoms with Gasteiger partial charge in [-0.1, -0.05) is 12.1 Å². The summed E-state index contributed by atoms with van der Waals surface area (Å²) in [7, 11) is 0. The van der Waals surface area contributed by atoms with Crippen molar-refractivity contribution in [2.24, 2.45) is 5.73 Å². The Morgan fingerprint density at radius 1 is 1.25 bits per heavy atom. The first-order valence-corrected chi connectivity index (χ1v) is 5.09. The first kappa shape index (κ1) is 10.6. The number of hydrogen-bond donors (Lipinski definition) is 1. The van der Waals surface area contributed by atoms with Crippen LogP contribution in [0.25, 0.3) is 0 Å². The molecule has 82 valence electrons. The first-order chi connectivity index (χ1) is 7.79. The van der Waals surface area contributed by atoms with Crippen molar-refractivity contribution in [3.05, 3.63) is 64.3 Å². The van der Waals surface area contributed by atoms with E-state index in [4.69, 9.17) is 5.73 Å². The molecule has 0 spiro atoms. The number of pyridine rings is 2. The van der Waals surface area contributed by atoms with Crippen molar-refractivity contribution in [3.8, 4) is 0 Å². The van der Waals surface area contributed by atoms with Crippen molar-refractivity contribution in [3.63, 3.8) is 0 Å². The van der Waals surface area contributed by atoms with Gasteiger partial charge in [0.05, 0.1) is 12.2 Å². The van der Waals surface area contributed by atoms with E-state index in [0.29, 0.717) is 13.1 Å². The third-order valence-corrected chi connectivity index (χ3v) is 2.35. The van der Waals surface area contributed by atoms with E-state index in [1.807, 2.05) is 18.2 Å². The quantitative estimate of drug-likeness (QED) is 0.821. The number of nitrogens with zero attached hydrogens (tertiary/aromatic N) is 2. The zero-order valence-electron chi connectivity index (χ0n) is 8.84. The van der Waals surface area contributed by atoms with E-state index in [1.54, 1.807) is 23.0 Å². The number of aromatic nitrogens is 2. The van der Waals surface area contributed by atoms with Gasteiger partial charge < -0.3 is 10.3 Å². The lowest BCUT2D eigenvalue weighted by Crippen LogP contribution is -2.18. The SMILES string of the molecule is NCc1ccc(Cn2ccccc2=O)nc1. The molecule has 0 radical (unpaired) electrons. The Morgan fingerprint density at radius 3 is 2.75 bits per heavy atom. The maximum Gasteiger partial charge on any atom is 0.250 e. The van der Waals surface area contributed by atoms with Crippen LogP contribution in [0.5, 0.6) is 0 Å². The summed E-state index contributed by atoms with van der Waals surface area (Å²) in [6.07, 6.45) is 3.49. The Balaban J connectivity index is 2.21. The average Bonchev–Trinajstić information content (AvgIpc) is 2.33. The van der Waals surface area contributed by atoms with Crippen LogP contribution in [0.1, 0.15) is 11.3 Å². The maximum atomic E-state index is 11.5. The van der Waals surface area contributed by atoms with Gasteiger partial charge in [-0.25, -0.2) is 0 Å². The van der Waals surface area contributed by atoms with Crippen LogP contribution >= 0.6 is 0 Å². The van der Waals surface area contributed by atoms with E-state index < -0.39 is 0 Å². The smallest absolute Gasteiger partial charge is 0.250 e. The van der Waals surface area contributed by atoms with E-state index in [0.717, 1.165) is 11.3 Å². The van der Waals surface area contributed by atoms with Crippen LogP contribution in [0.4, 0.5) is 0 Å². The molecule has 0 unspecified atom stereocenters. The summed E-state index contributed by atoms with van der Waals surface area (Å²) >= 11 is 0. The third kappa shape index (κ3) is 2.35. The molecule has 0 aromatic carbocycles. The monoisotopic (exact) mass is 215 g/mol. The van der Waals surface area contributed by atoms with E-state index in [9.17, 15) is 4.79 Å². The Labute approximate surface area is 93.4 Å². The lowest BCUT2D eigenvalue weighted by molar-refractivity contribution is 0.738. The van der Waals surface area contributed by atoms with Crippen molar-refractivity contribution in [1.82, 2.24) is 9.55 Å². The predicted octanol–water partition coefficient (Wildman–Crippen LogP) is 0.750. The Morgan fingerprint density at radius 2 is 2.12 bits per heavy atom. The normalized spacial score (nSPS) is 10.3. The summed E-state index contributed by atoms with van der Waals surface area (Å²) in [6, 6.07) is 8.91. The van der Waals surface area contributed by atoms with Crippen LogP contribution in [0, 0.1) is 0 Å². The summed E-state index contributed by atoms with van der Waals surface area (Å²) < 4.78 is 1.62. The predicted molar refractivity (Wildman–Crippen MR) is 61.9 cm³/mol. The molecule has 0 saturated carbocycles. The summed E-state index contributed by atoms with van der Waals surface area (Å²) in [5.74, 6) is 0. The highest BCUT2D eigenvalue weighted by atomic mass is 16.1. The number of nitrogens with two attached hydrogens (primary N) is 1. The molecule has 4 nitrogen and oxygen atoms in total. The van der Waals surface area contributed by atoms with Crippen LogP contribution in [0.3, 0.4) is 0 Å². The molecule has 16 heavy (non-hydrogen) atoms. The number of rotatable bonds is 3. The minimum Gasteiger partial charge on any atom is -0.326 e. The van der Waals surface area contributed by atoms with Gasteiger partial charge in [0.1, 0.15) is 0 Å². The van der Waals surface area contributed by atoms with Crippen LogP contribution in [0.2, 0.25) is 0 Å². The summed E-state index contributed by atoms with van der Waals surface area (Å²) in [5, 5.41) is 0. The second kappa shape index (κ2) is 4.72. The second-order valence-electron chi connectivity index (χ2n) is 3.53. The Bertz CT molecular complexity index is 516. The highest BCUT2D eigenvalue weighted by molar-refractivity contribution is 5.14. The zero-order chi connectivity index (χ0) is 11.4. The third-order valence-electron chi connectivity index (χ3n) is 2.35. The van der Waals surface area contributed by atoms with E-state index in [1.165, 1.54) is 6.07 Å². The summed E-state index contributed by atoms with van der Waals surface area (Å²) in [4.78, 5) is 15.7. The molecular weight excluding hydrogens is 202 g/mol. The molecule has 0 saturated heterocycles. The standard InChI is InChI=1S/C12H13N3O/c13-7-10-4-5-11(14-8-10)9-15-6-2-1-3-12(15)16/h1-6,8H,7,9,13H2. The van der Waals surface area contributed by atoms with Crippen molar-refractivity contribution < 1.29 is 0 Å². The fourth-order valence-electron chi connectivity index (χ4n) is 1.44. The van der Waals surface area contributed by atoms with E-state index >= 15 is 0 Å². The molecule has 0 aliphatic rings. The molecule has 2 N–H and O–H groups in total. The van der Waals surface area contributed by atoms with Gasteiger partial charge in [0.2, 0.25) is 0 Å². The molecule has 0 amide bonds. The van der Waals surface area contributed by atoms with E-state index in [-0.39, 0.29) is 5.56 Å². The van der Waals surface area contributed by atoms with Gasteiger partial charge in [0.25, 0.3) is 5.56 Å². The fraction of sp³-hybridized carbons (Fsp3) is 0.167. The van der Waals surface area contributed by atoms with Crippen molar-refractivity contribution in [2.75, 3.05) is 0 Å². The molecule has 0 aliphatic carbocycles. The molecule has 2 heterocycles. The van der Waals surface area contributed by atoms with Crippen LogP contribution < -0.4 is 11.3 Å². The molecule has 0 atom stereocenters. The summed E-state index contributed by atoms with van der Waals surface area (Å²) in [5.41, 5.74) is 7.30. The highest BCUT2D eigenvalue weighted by Gasteiger charge is 1.98. The van der Waals surface area contributed by atoms with Gasteiger partial charge in [-0.3, -0.25) is 9.78 Å². The minimum absolute atomic E-state index is 0.0211. The summed E-state index contributed by atoms with van der Waals surface area (Å²) in [6.45, 7) is 0.975. The van der Waals surface area contributed by atoms with Crippen LogP contribution in [-0.4, -0.2) is 9.55 Å². The molecule has 0 aliphatic heterocycles. The lowest BCUT2D eigenvalue weighted by Gasteiger charge is -2.04.